The van der Waals surface area contributed by atoms with Crippen molar-refractivity contribution in [3.63, 3.8) is 0 Å². The smallest absolute Gasteiger partial charge is 0.176 e. The monoisotopic (exact) mass is 201 g/mol. The summed E-state index contributed by atoms with van der Waals surface area (Å²) in [5, 5.41) is 9.70. The summed E-state index contributed by atoms with van der Waals surface area (Å²) >= 11 is 5.76. The van der Waals surface area contributed by atoms with Crippen LogP contribution in [0.15, 0.2) is 12.1 Å². The molecular formula is C9H12ClNO2. The van der Waals surface area contributed by atoms with Gasteiger partial charge in [0, 0.05) is 0 Å². The Bertz CT molecular complexity index is 302. The summed E-state index contributed by atoms with van der Waals surface area (Å²) < 4.78 is 4.94. The minimum atomic E-state index is -0.0232. The summed E-state index contributed by atoms with van der Waals surface area (Å²) in [6.07, 6.45) is 0.719. The number of methoxy groups -OCH3 is 1. The van der Waals surface area contributed by atoms with Crippen LogP contribution in [0.25, 0.3) is 0 Å². The number of benzene rings is 1. The summed E-state index contributed by atoms with van der Waals surface area (Å²) in [5.74, 6) is 0.362. The molecule has 3 nitrogen and oxygen atoms in total. The van der Waals surface area contributed by atoms with E-state index in [-0.39, 0.29) is 5.75 Å². The van der Waals surface area contributed by atoms with Gasteiger partial charge in [0.2, 0.25) is 0 Å². The van der Waals surface area contributed by atoms with E-state index in [2.05, 4.69) is 0 Å². The molecule has 3 N–H and O–H groups in total. The largest absolute Gasteiger partial charge is 0.503 e. The van der Waals surface area contributed by atoms with Crippen molar-refractivity contribution in [1.29, 1.82) is 0 Å². The molecule has 0 aliphatic carbocycles. The van der Waals surface area contributed by atoms with Crippen molar-refractivity contribution in [2.24, 2.45) is 5.73 Å². The Morgan fingerprint density at radius 3 is 2.77 bits per heavy atom. The summed E-state index contributed by atoms with van der Waals surface area (Å²) in [6.45, 7) is 0.546. The van der Waals surface area contributed by atoms with Crippen molar-refractivity contribution in [3.05, 3.63) is 22.7 Å². The van der Waals surface area contributed by atoms with Crippen molar-refractivity contribution in [3.8, 4) is 11.5 Å². The maximum atomic E-state index is 9.40. The quantitative estimate of drug-likeness (QED) is 0.781. The van der Waals surface area contributed by atoms with Crippen molar-refractivity contribution in [2.75, 3.05) is 13.7 Å². The van der Waals surface area contributed by atoms with E-state index in [0.29, 0.717) is 17.3 Å². The maximum absolute atomic E-state index is 9.40. The lowest BCUT2D eigenvalue weighted by atomic mass is 10.1. The normalized spacial score (nSPS) is 10.1. The lowest BCUT2D eigenvalue weighted by Crippen LogP contribution is -2.02. The van der Waals surface area contributed by atoms with Crippen LogP contribution in [0.4, 0.5) is 0 Å². The molecule has 1 aromatic rings. The summed E-state index contributed by atoms with van der Waals surface area (Å²) in [5.41, 5.74) is 6.35. The van der Waals surface area contributed by atoms with E-state index < -0.39 is 0 Å². The lowest BCUT2D eigenvalue weighted by Gasteiger charge is -2.07. The molecule has 1 rings (SSSR count). The van der Waals surface area contributed by atoms with Crippen molar-refractivity contribution < 1.29 is 9.84 Å². The van der Waals surface area contributed by atoms with Gasteiger partial charge in [-0.1, -0.05) is 11.6 Å². The van der Waals surface area contributed by atoms with Crippen LogP contribution >= 0.6 is 11.6 Å². The van der Waals surface area contributed by atoms with Crippen LogP contribution in [0.2, 0.25) is 5.02 Å². The van der Waals surface area contributed by atoms with Gasteiger partial charge in [0.05, 0.1) is 12.1 Å². The number of nitrogens with two attached hydrogens (primary N) is 1. The van der Waals surface area contributed by atoms with Gasteiger partial charge in [0.25, 0.3) is 0 Å². The third-order valence-electron chi connectivity index (χ3n) is 1.74. The topological polar surface area (TPSA) is 55.5 Å². The molecule has 72 valence electrons. The van der Waals surface area contributed by atoms with Crippen LogP contribution in [0.1, 0.15) is 5.56 Å². The Labute approximate surface area is 82.1 Å². The van der Waals surface area contributed by atoms with Crippen LogP contribution < -0.4 is 10.5 Å². The summed E-state index contributed by atoms with van der Waals surface area (Å²) in [4.78, 5) is 0. The van der Waals surface area contributed by atoms with Crippen LogP contribution in [0, 0.1) is 0 Å². The van der Waals surface area contributed by atoms with Gasteiger partial charge >= 0.3 is 0 Å². The van der Waals surface area contributed by atoms with E-state index >= 15 is 0 Å². The van der Waals surface area contributed by atoms with Crippen molar-refractivity contribution in [1.82, 2.24) is 0 Å². The van der Waals surface area contributed by atoms with E-state index in [1.54, 1.807) is 12.1 Å². The maximum Gasteiger partial charge on any atom is 0.176 e. The highest BCUT2D eigenvalue weighted by Gasteiger charge is 2.07. The number of aromatic hydroxyl groups is 1. The zero-order chi connectivity index (χ0) is 9.84. The minimum absolute atomic E-state index is 0.0232. The molecule has 0 radical (unpaired) electrons. The number of hydrogen-bond donors (Lipinski definition) is 2. The third-order valence-corrected chi connectivity index (χ3v) is 2.03. The number of rotatable bonds is 3. The molecular weight excluding hydrogens is 190 g/mol. The van der Waals surface area contributed by atoms with Gasteiger partial charge in [-0.2, -0.15) is 0 Å². The van der Waals surface area contributed by atoms with Gasteiger partial charge < -0.3 is 15.6 Å². The Morgan fingerprint density at radius 1 is 1.54 bits per heavy atom. The predicted octanol–water partition coefficient (Wildman–Crippen LogP) is 1.56. The van der Waals surface area contributed by atoms with E-state index in [1.807, 2.05) is 0 Å². The fraction of sp³-hybridized carbons (Fsp3) is 0.333. The van der Waals surface area contributed by atoms with Crippen LogP contribution in [0.3, 0.4) is 0 Å². The van der Waals surface area contributed by atoms with E-state index in [0.717, 1.165) is 12.0 Å². The summed E-state index contributed by atoms with van der Waals surface area (Å²) in [7, 11) is 1.48. The van der Waals surface area contributed by atoms with Crippen molar-refractivity contribution in [2.45, 2.75) is 6.42 Å². The minimum Gasteiger partial charge on any atom is -0.503 e. The standard InChI is InChI=1S/C9H12ClNO2/c1-13-8-5-6(2-3-11)4-7(10)9(8)12/h4-5,12H,2-3,11H2,1H3. The average molecular weight is 202 g/mol. The van der Waals surface area contributed by atoms with Gasteiger partial charge in [-0.05, 0) is 30.7 Å². The number of phenols is 1. The highest BCUT2D eigenvalue weighted by molar-refractivity contribution is 6.32. The molecule has 4 heteroatoms. The second kappa shape index (κ2) is 4.35. The predicted molar refractivity (Wildman–Crippen MR) is 52.4 cm³/mol. The molecule has 0 saturated heterocycles. The van der Waals surface area contributed by atoms with Crippen LogP contribution in [-0.4, -0.2) is 18.8 Å². The summed E-state index contributed by atoms with van der Waals surface area (Å²) in [6, 6.07) is 3.42. The molecule has 0 heterocycles. The SMILES string of the molecule is COc1cc(CCN)cc(Cl)c1O. The first-order valence-corrected chi connectivity index (χ1v) is 4.32. The Balaban J connectivity index is 3.06. The molecule has 0 aliphatic heterocycles. The number of ether oxygens (including phenoxy) is 1. The second-order valence-electron chi connectivity index (χ2n) is 2.67. The Kier molecular flexibility index (Phi) is 3.39. The van der Waals surface area contributed by atoms with Gasteiger partial charge in [-0.15, -0.1) is 0 Å². The first-order valence-electron chi connectivity index (χ1n) is 3.94. The first-order chi connectivity index (χ1) is 6.19. The highest BCUT2D eigenvalue weighted by atomic mass is 35.5. The third kappa shape index (κ3) is 2.26. The lowest BCUT2D eigenvalue weighted by molar-refractivity contribution is 0.373. The second-order valence-corrected chi connectivity index (χ2v) is 3.07. The molecule has 0 amide bonds. The zero-order valence-corrected chi connectivity index (χ0v) is 8.14. The molecule has 0 atom stereocenters. The first kappa shape index (κ1) is 10.2. The van der Waals surface area contributed by atoms with E-state index in [4.69, 9.17) is 22.1 Å². The van der Waals surface area contributed by atoms with Gasteiger partial charge in [-0.3, -0.25) is 0 Å². The molecule has 0 bridgehead atoms. The molecule has 0 spiro atoms. The average Bonchev–Trinajstić information content (AvgIpc) is 2.11. The van der Waals surface area contributed by atoms with Gasteiger partial charge in [0.15, 0.2) is 11.5 Å². The van der Waals surface area contributed by atoms with Gasteiger partial charge in [0.1, 0.15) is 0 Å². The molecule has 0 fully saturated rings. The molecule has 0 aliphatic rings. The highest BCUT2D eigenvalue weighted by Crippen LogP contribution is 2.34. The van der Waals surface area contributed by atoms with E-state index in [1.165, 1.54) is 7.11 Å². The Morgan fingerprint density at radius 2 is 2.23 bits per heavy atom. The molecule has 0 unspecified atom stereocenters. The van der Waals surface area contributed by atoms with Crippen molar-refractivity contribution >= 4 is 11.6 Å². The number of halogens is 1. The number of phenolic OH excluding ortho intramolecular Hbond substituents is 1. The molecule has 0 saturated carbocycles. The molecule has 13 heavy (non-hydrogen) atoms. The number of hydrogen-bond acceptors (Lipinski definition) is 3. The Hall–Kier alpha value is -0.930. The molecule has 0 aromatic heterocycles. The van der Waals surface area contributed by atoms with Crippen LogP contribution in [-0.2, 0) is 6.42 Å². The molecule has 1 aromatic carbocycles. The fourth-order valence-electron chi connectivity index (χ4n) is 1.09. The fourth-order valence-corrected chi connectivity index (χ4v) is 1.33. The van der Waals surface area contributed by atoms with E-state index in [9.17, 15) is 5.11 Å². The van der Waals surface area contributed by atoms with Crippen LogP contribution in [0.5, 0.6) is 11.5 Å². The van der Waals surface area contributed by atoms with Gasteiger partial charge in [-0.25, -0.2) is 0 Å². The zero-order valence-electron chi connectivity index (χ0n) is 7.38.